The van der Waals surface area contributed by atoms with E-state index in [0.29, 0.717) is 0 Å². The quantitative estimate of drug-likeness (QED) is 0.922. The van der Waals surface area contributed by atoms with Crippen molar-refractivity contribution < 1.29 is 32.2 Å². The van der Waals surface area contributed by atoms with Gasteiger partial charge in [-0.3, -0.25) is 0 Å². The first-order valence-electron chi connectivity index (χ1n) is 5.95. The Morgan fingerprint density at radius 1 is 1.24 bits per heavy atom. The zero-order valence-electron chi connectivity index (χ0n) is 10.8. The molecule has 0 bridgehead atoms. The minimum atomic E-state index is -4.54. The van der Waals surface area contributed by atoms with Crippen molar-refractivity contribution in [1.82, 2.24) is 0 Å². The first-order chi connectivity index (χ1) is 9.79. The number of hydrogen-bond acceptors (Lipinski definition) is 3. The third kappa shape index (κ3) is 3.36. The molecular weight excluding hydrogens is 289 g/mol. The molecule has 1 aromatic carbocycles. The summed E-state index contributed by atoms with van der Waals surface area (Å²) in [5.74, 6) is -1.77. The Morgan fingerprint density at radius 3 is 2.48 bits per heavy atom. The summed E-state index contributed by atoms with van der Waals surface area (Å²) in [7, 11) is 0. The molecule has 0 amide bonds. The average molecular weight is 300 g/mol. The second-order valence-corrected chi connectivity index (χ2v) is 4.26. The lowest BCUT2D eigenvalue weighted by atomic mass is 10.2. The SMILES string of the molecule is CC(Oc1ccccc1C(F)(F)F)c1ccc(C(=O)O)o1. The van der Waals surface area contributed by atoms with Gasteiger partial charge in [-0.25, -0.2) is 4.79 Å². The van der Waals surface area contributed by atoms with E-state index in [1.807, 2.05) is 0 Å². The monoisotopic (exact) mass is 300 g/mol. The predicted molar refractivity (Wildman–Crippen MR) is 66.2 cm³/mol. The van der Waals surface area contributed by atoms with Crippen LogP contribution in [0.25, 0.3) is 0 Å². The van der Waals surface area contributed by atoms with E-state index in [0.717, 1.165) is 6.07 Å². The summed E-state index contributed by atoms with van der Waals surface area (Å²) in [6.45, 7) is 1.47. The summed E-state index contributed by atoms with van der Waals surface area (Å²) in [6, 6.07) is 7.35. The molecule has 2 rings (SSSR count). The van der Waals surface area contributed by atoms with Gasteiger partial charge in [0.05, 0.1) is 5.56 Å². The van der Waals surface area contributed by atoms with Crippen LogP contribution in [0.2, 0.25) is 0 Å². The fourth-order valence-electron chi connectivity index (χ4n) is 1.74. The van der Waals surface area contributed by atoms with E-state index in [-0.39, 0.29) is 17.3 Å². The highest BCUT2D eigenvalue weighted by atomic mass is 19.4. The third-order valence-corrected chi connectivity index (χ3v) is 2.73. The summed E-state index contributed by atoms with van der Waals surface area (Å²) < 4.78 is 48.7. The Hall–Kier alpha value is -2.44. The minimum Gasteiger partial charge on any atom is -0.482 e. The molecular formula is C14H11F3O4. The Labute approximate surface area is 117 Å². The van der Waals surface area contributed by atoms with Gasteiger partial charge in [-0.1, -0.05) is 12.1 Å². The second kappa shape index (κ2) is 5.51. The normalized spacial score (nSPS) is 13.0. The molecule has 0 saturated heterocycles. The van der Waals surface area contributed by atoms with Crippen LogP contribution in [0.1, 0.15) is 34.9 Å². The molecule has 0 fully saturated rings. The van der Waals surface area contributed by atoms with E-state index >= 15 is 0 Å². The maximum absolute atomic E-state index is 12.8. The van der Waals surface area contributed by atoms with Crippen molar-refractivity contribution >= 4 is 5.97 Å². The molecule has 0 aliphatic carbocycles. The van der Waals surface area contributed by atoms with Gasteiger partial charge < -0.3 is 14.3 Å². The van der Waals surface area contributed by atoms with Gasteiger partial charge in [0, 0.05) is 0 Å². The number of rotatable bonds is 4. The highest BCUT2D eigenvalue weighted by molar-refractivity contribution is 5.84. The van der Waals surface area contributed by atoms with Gasteiger partial charge in [-0.15, -0.1) is 0 Å². The summed E-state index contributed by atoms with van der Waals surface area (Å²) in [6.07, 6.45) is -5.40. The maximum atomic E-state index is 12.8. The van der Waals surface area contributed by atoms with E-state index in [1.54, 1.807) is 0 Å². The predicted octanol–water partition coefficient (Wildman–Crippen LogP) is 4.14. The molecule has 21 heavy (non-hydrogen) atoms. The molecule has 1 atom stereocenters. The van der Waals surface area contributed by atoms with Crippen LogP contribution >= 0.6 is 0 Å². The minimum absolute atomic E-state index is 0.129. The molecule has 1 aromatic heterocycles. The lowest BCUT2D eigenvalue weighted by Crippen LogP contribution is -2.10. The number of aromatic carboxylic acids is 1. The maximum Gasteiger partial charge on any atom is 0.419 e. The van der Waals surface area contributed by atoms with E-state index in [2.05, 4.69) is 0 Å². The number of carboxylic acid groups (broad SMARTS) is 1. The highest BCUT2D eigenvalue weighted by Crippen LogP contribution is 2.37. The van der Waals surface area contributed by atoms with Crippen LogP contribution in [0, 0.1) is 0 Å². The van der Waals surface area contributed by atoms with Gasteiger partial charge in [0.25, 0.3) is 0 Å². The van der Waals surface area contributed by atoms with Crippen LogP contribution in [0.15, 0.2) is 40.8 Å². The van der Waals surface area contributed by atoms with Gasteiger partial charge in [0.2, 0.25) is 5.76 Å². The number of carboxylic acids is 1. The molecule has 7 heteroatoms. The van der Waals surface area contributed by atoms with E-state index < -0.39 is 23.8 Å². The van der Waals surface area contributed by atoms with E-state index in [4.69, 9.17) is 14.3 Å². The summed E-state index contributed by atoms with van der Waals surface area (Å²) in [4.78, 5) is 10.7. The van der Waals surface area contributed by atoms with Crippen LogP contribution in [0.4, 0.5) is 13.2 Å². The lowest BCUT2D eigenvalue weighted by molar-refractivity contribution is -0.139. The Morgan fingerprint density at radius 2 is 1.90 bits per heavy atom. The molecule has 0 aliphatic heterocycles. The van der Waals surface area contributed by atoms with Gasteiger partial charge in [-0.05, 0) is 31.2 Å². The standard InChI is InChI=1S/C14H11F3O4/c1-8(10-6-7-12(21-10)13(18)19)20-11-5-3-2-4-9(11)14(15,16)17/h2-8H,1H3,(H,18,19). The van der Waals surface area contributed by atoms with Crippen LogP contribution in [-0.2, 0) is 6.18 Å². The molecule has 112 valence electrons. The van der Waals surface area contributed by atoms with Crippen molar-refractivity contribution in [2.45, 2.75) is 19.2 Å². The molecule has 1 N–H and O–H groups in total. The number of alkyl halides is 3. The number of benzene rings is 1. The first kappa shape index (κ1) is 15.0. The first-order valence-corrected chi connectivity index (χ1v) is 5.95. The molecule has 0 spiro atoms. The van der Waals surface area contributed by atoms with Gasteiger partial charge in [0.1, 0.15) is 11.5 Å². The van der Waals surface area contributed by atoms with Crippen molar-refractivity contribution in [2.24, 2.45) is 0 Å². The zero-order valence-corrected chi connectivity index (χ0v) is 10.8. The Bertz CT molecular complexity index is 646. The van der Waals surface area contributed by atoms with Crippen molar-refractivity contribution in [1.29, 1.82) is 0 Å². The number of ether oxygens (including phenoxy) is 1. The molecule has 0 radical (unpaired) electrons. The van der Waals surface area contributed by atoms with Crippen LogP contribution in [-0.4, -0.2) is 11.1 Å². The third-order valence-electron chi connectivity index (χ3n) is 2.73. The Balaban J connectivity index is 2.23. The van der Waals surface area contributed by atoms with E-state index in [1.165, 1.54) is 37.3 Å². The van der Waals surface area contributed by atoms with Crippen LogP contribution in [0.5, 0.6) is 5.75 Å². The zero-order chi connectivity index (χ0) is 15.6. The van der Waals surface area contributed by atoms with Crippen LogP contribution < -0.4 is 4.74 Å². The van der Waals surface area contributed by atoms with Gasteiger partial charge in [0.15, 0.2) is 6.10 Å². The number of para-hydroxylation sites is 1. The number of carbonyl (C=O) groups is 1. The Kier molecular flexibility index (Phi) is 3.93. The largest absolute Gasteiger partial charge is 0.482 e. The lowest BCUT2D eigenvalue weighted by Gasteiger charge is -2.17. The summed E-state index contributed by atoms with van der Waals surface area (Å²) >= 11 is 0. The van der Waals surface area contributed by atoms with Gasteiger partial charge >= 0.3 is 12.1 Å². The topological polar surface area (TPSA) is 59.7 Å². The van der Waals surface area contributed by atoms with Crippen molar-refractivity contribution in [3.63, 3.8) is 0 Å². The average Bonchev–Trinajstić information content (AvgIpc) is 2.88. The molecule has 2 aromatic rings. The molecule has 1 unspecified atom stereocenters. The van der Waals surface area contributed by atoms with Gasteiger partial charge in [-0.2, -0.15) is 13.2 Å². The van der Waals surface area contributed by atoms with E-state index in [9.17, 15) is 18.0 Å². The number of halogens is 3. The molecule has 1 heterocycles. The highest BCUT2D eigenvalue weighted by Gasteiger charge is 2.34. The smallest absolute Gasteiger partial charge is 0.419 e. The van der Waals surface area contributed by atoms with Crippen molar-refractivity contribution in [3.05, 3.63) is 53.5 Å². The van der Waals surface area contributed by atoms with Crippen LogP contribution in [0.3, 0.4) is 0 Å². The fourth-order valence-corrected chi connectivity index (χ4v) is 1.74. The molecule has 4 nitrogen and oxygen atoms in total. The molecule has 0 aliphatic rings. The fraction of sp³-hybridized carbons (Fsp3) is 0.214. The summed E-state index contributed by atoms with van der Waals surface area (Å²) in [5, 5.41) is 8.74. The number of hydrogen-bond donors (Lipinski definition) is 1. The molecule has 0 saturated carbocycles. The summed E-state index contributed by atoms with van der Waals surface area (Å²) in [5.41, 5.74) is -0.901. The van der Waals surface area contributed by atoms with Crippen molar-refractivity contribution in [2.75, 3.05) is 0 Å². The van der Waals surface area contributed by atoms with Crippen molar-refractivity contribution in [3.8, 4) is 5.75 Å². The number of furan rings is 1. The second-order valence-electron chi connectivity index (χ2n) is 4.26.